The van der Waals surface area contributed by atoms with E-state index in [1.165, 1.54) is 11.2 Å². The van der Waals surface area contributed by atoms with Crippen LogP contribution in [0.4, 0.5) is 4.79 Å². The summed E-state index contributed by atoms with van der Waals surface area (Å²) < 4.78 is 33.7. The van der Waals surface area contributed by atoms with Gasteiger partial charge in [0.1, 0.15) is 12.4 Å². The van der Waals surface area contributed by atoms with Crippen molar-refractivity contribution >= 4 is 25.8 Å². The smallest absolute Gasteiger partial charge is 0.410 e. The minimum Gasteiger partial charge on any atom is -0.469 e. The van der Waals surface area contributed by atoms with Gasteiger partial charge in [-0.3, -0.25) is 0 Å². The summed E-state index contributed by atoms with van der Waals surface area (Å²) in [5.74, 6) is -0.142. The van der Waals surface area contributed by atoms with Crippen LogP contribution in [0, 0.1) is 5.92 Å². The zero-order chi connectivity index (χ0) is 17.9. The number of halogens is 1. The second-order valence-corrected chi connectivity index (χ2v) is 8.85. The molecule has 2 heterocycles. The van der Waals surface area contributed by atoms with Crippen LogP contribution < -0.4 is 0 Å². The van der Waals surface area contributed by atoms with E-state index in [9.17, 15) is 13.2 Å². The second-order valence-electron chi connectivity index (χ2n) is 6.03. The van der Waals surface area contributed by atoms with E-state index >= 15 is 0 Å². The van der Waals surface area contributed by atoms with Crippen LogP contribution in [0.25, 0.3) is 0 Å². The highest BCUT2D eigenvalue weighted by Crippen LogP contribution is 2.34. The van der Waals surface area contributed by atoms with Gasteiger partial charge in [0.15, 0.2) is 0 Å². The molecule has 6 nitrogen and oxygen atoms in total. The fourth-order valence-electron chi connectivity index (χ4n) is 3.08. The molecule has 1 saturated heterocycles. The largest absolute Gasteiger partial charge is 0.469 e. The van der Waals surface area contributed by atoms with E-state index in [-0.39, 0.29) is 30.7 Å². The molecule has 25 heavy (non-hydrogen) atoms. The van der Waals surface area contributed by atoms with Crippen LogP contribution in [0.3, 0.4) is 0 Å². The Morgan fingerprint density at radius 3 is 2.60 bits per heavy atom. The third-order valence-corrected chi connectivity index (χ3v) is 5.43. The average molecular weight is 384 g/mol. The summed E-state index contributed by atoms with van der Waals surface area (Å²) in [6.45, 7) is 0.753. The van der Waals surface area contributed by atoms with Crippen molar-refractivity contribution < 1.29 is 22.4 Å². The second kappa shape index (κ2) is 7.49. The number of furan rings is 1. The number of hydrogen-bond acceptors (Lipinski definition) is 5. The van der Waals surface area contributed by atoms with E-state index in [0.29, 0.717) is 12.3 Å². The molecule has 2 aromatic rings. The maximum Gasteiger partial charge on any atom is 0.410 e. The standard InChI is InChI=1S/C17H18ClNO5S/c18-25(21,22)12-14-9-19(10-15(14)16-7-4-8-23-16)17(20)24-11-13-5-2-1-3-6-13/h1-8,14-15H,9-12H2. The van der Waals surface area contributed by atoms with Crippen LogP contribution in [0.15, 0.2) is 53.1 Å². The molecule has 1 amide bonds. The molecule has 2 unspecified atom stereocenters. The van der Waals surface area contributed by atoms with Gasteiger partial charge in [-0.1, -0.05) is 30.3 Å². The Morgan fingerprint density at radius 2 is 1.96 bits per heavy atom. The van der Waals surface area contributed by atoms with Crippen molar-refractivity contribution in [3.8, 4) is 0 Å². The number of ether oxygens (including phenoxy) is 1. The number of nitrogens with zero attached hydrogens (tertiary/aromatic N) is 1. The lowest BCUT2D eigenvalue weighted by atomic mass is 9.95. The summed E-state index contributed by atoms with van der Waals surface area (Å²) in [5.41, 5.74) is 0.887. The quantitative estimate of drug-likeness (QED) is 0.741. The first kappa shape index (κ1) is 17.8. The van der Waals surface area contributed by atoms with E-state index < -0.39 is 15.1 Å². The summed E-state index contributed by atoms with van der Waals surface area (Å²) in [4.78, 5) is 13.8. The third kappa shape index (κ3) is 4.76. The monoisotopic (exact) mass is 383 g/mol. The number of carbonyl (C=O) groups excluding carboxylic acids is 1. The Bertz CT molecular complexity index is 807. The molecule has 8 heteroatoms. The molecule has 3 rings (SSSR count). The zero-order valence-corrected chi connectivity index (χ0v) is 14.9. The minimum atomic E-state index is -3.68. The van der Waals surface area contributed by atoms with Gasteiger partial charge in [-0.2, -0.15) is 0 Å². The molecule has 0 saturated carbocycles. The predicted octanol–water partition coefficient (Wildman–Crippen LogP) is 3.20. The van der Waals surface area contributed by atoms with Crippen LogP contribution in [-0.4, -0.2) is 38.3 Å². The van der Waals surface area contributed by atoms with Crippen molar-refractivity contribution in [1.29, 1.82) is 0 Å². The van der Waals surface area contributed by atoms with Gasteiger partial charge < -0.3 is 14.1 Å². The van der Waals surface area contributed by atoms with Gasteiger partial charge in [0.2, 0.25) is 9.05 Å². The summed E-state index contributed by atoms with van der Waals surface area (Å²) in [6, 6.07) is 12.9. The fourth-order valence-corrected chi connectivity index (χ4v) is 4.41. The number of amides is 1. The van der Waals surface area contributed by atoms with Gasteiger partial charge >= 0.3 is 6.09 Å². The maximum absolute atomic E-state index is 12.3. The third-order valence-electron chi connectivity index (χ3n) is 4.23. The lowest BCUT2D eigenvalue weighted by molar-refractivity contribution is 0.103. The summed E-state index contributed by atoms with van der Waals surface area (Å²) in [7, 11) is 1.73. The molecular formula is C17H18ClNO5S. The molecule has 0 spiro atoms. The van der Waals surface area contributed by atoms with Gasteiger partial charge in [0.05, 0.1) is 12.0 Å². The highest BCUT2D eigenvalue weighted by Gasteiger charge is 2.40. The number of likely N-dealkylation sites (tertiary alicyclic amines) is 1. The first-order valence-electron chi connectivity index (χ1n) is 7.84. The summed E-state index contributed by atoms with van der Waals surface area (Å²) >= 11 is 0. The van der Waals surface area contributed by atoms with Gasteiger partial charge in [-0.15, -0.1) is 0 Å². The molecule has 0 N–H and O–H groups in total. The number of rotatable bonds is 5. The molecule has 1 aromatic carbocycles. The number of benzene rings is 1. The fraction of sp³-hybridized carbons (Fsp3) is 0.353. The van der Waals surface area contributed by atoms with E-state index in [0.717, 1.165) is 5.56 Å². The molecule has 2 atom stereocenters. The lowest BCUT2D eigenvalue weighted by Gasteiger charge is -2.16. The maximum atomic E-state index is 12.3. The molecule has 134 valence electrons. The zero-order valence-electron chi connectivity index (χ0n) is 13.4. The van der Waals surface area contributed by atoms with E-state index in [1.54, 1.807) is 12.1 Å². The molecule has 1 aliphatic heterocycles. The first-order valence-corrected chi connectivity index (χ1v) is 10.3. The Labute approximate surface area is 150 Å². The molecule has 1 aliphatic rings. The Balaban J connectivity index is 1.67. The van der Waals surface area contributed by atoms with Crippen molar-refractivity contribution in [3.63, 3.8) is 0 Å². The van der Waals surface area contributed by atoms with Crippen LogP contribution in [0.5, 0.6) is 0 Å². The van der Waals surface area contributed by atoms with E-state index in [1.807, 2.05) is 30.3 Å². The SMILES string of the molecule is O=C(OCc1ccccc1)N1CC(CS(=O)(=O)Cl)C(c2ccco2)C1. The average Bonchev–Trinajstić information content (AvgIpc) is 3.21. The van der Waals surface area contributed by atoms with Gasteiger partial charge in [0.25, 0.3) is 0 Å². The molecular weight excluding hydrogens is 366 g/mol. The van der Waals surface area contributed by atoms with Gasteiger partial charge in [-0.25, -0.2) is 13.2 Å². The van der Waals surface area contributed by atoms with Crippen LogP contribution in [0.1, 0.15) is 17.2 Å². The van der Waals surface area contributed by atoms with Gasteiger partial charge in [0, 0.05) is 35.6 Å². The topological polar surface area (TPSA) is 76.8 Å². The van der Waals surface area contributed by atoms with Crippen molar-refractivity contribution in [1.82, 2.24) is 4.90 Å². The van der Waals surface area contributed by atoms with Crippen molar-refractivity contribution in [2.75, 3.05) is 18.8 Å². The molecule has 0 aliphatic carbocycles. The van der Waals surface area contributed by atoms with Crippen LogP contribution >= 0.6 is 10.7 Å². The minimum absolute atomic E-state index is 0.167. The summed E-state index contributed by atoms with van der Waals surface area (Å²) in [6.07, 6.45) is 1.05. The highest BCUT2D eigenvalue weighted by molar-refractivity contribution is 8.13. The Hall–Kier alpha value is -1.99. The predicted molar refractivity (Wildman–Crippen MR) is 92.8 cm³/mol. The van der Waals surface area contributed by atoms with E-state index in [2.05, 4.69) is 0 Å². The van der Waals surface area contributed by atoms with Crippen molar-refractivity contribution in [2.45, 2.75) is 12.5 Å². The summed E-state index contributed by atoms with van der Waals surface area (Å²) in [5, 5.41) is 0. The molecule has 1 fully saturated rings. The normalized spacial score (nSPS) is 20.6. The number of carbonyl (C=O) groups is 1. The van der Waals surface area contributed by atoms with Crippen LogP contribution in [-0.2, 0) is 20.4 Å². The lowest BCUT2D eigenvalue weighted by Crippen LogP contribution is -2.30. The highest BCUT2D eigenvalue weighted by atomic mass is 35.7. The van der Waals surface area contributed by atoms with Gasteiger partial charge in [-0.05, 0) is 17.7 Å². The molecule has 0 radical (unpaired) electrons. The number of hydrogen-bond donors (Lipinski definition) is 0. The Morgan fingerprint density at radius 1 is 1.20 bits per heavy atom. The molecule has 0 bridgehead atoms. The first-order chi connectivity index (χ1) is 11.9. The van der Waals surface area contributed by atoms with E-state index in [4.69, 9.17) is 19.8 Å². The van der Waals surface area contributed by atoms with Crippen LogP contribution in [0.2, 0.25) is 0 Å². The molecule has 1 aromatic heterocycles. The Kier molecular flexibility index (Phi) is 5.34. The van der Waals surface area contributed by atoms with Crippen molar-refractivity contribution in [2.24, 2.45) is 5.92 Å². The van der Waals surface area contributed by atoms with Crippen molar-refractivity contribution in [3.05, 3.63) is 60.1 Å².